The van der Waals surface area contributed by atoms with Gasteiger partial charge in [0.05, 0.1) is 13.7 Å². The molecule has 0 spiro atoms. The van der Waals surface area contributed by atoms with Gasteiger partial charge in [0, 0.05) is 12.6 Å². The molecule has 0 bridgehead atoms. The fourth-order valence-electron chi connectivity index (χ4n) is 2.13. The number of methoxy groups -OCH3 is 1. The number of aliphatic hydroxyl groups excluding tert-OH is 1. The van der Waals surface area contributed by atoms with E-state index in [4.69, 9.17) is 4.74 Å². The van der Waals surface area contributed by atoms with Crippen molar-refractivity contribution in [1.82, 2.24) is 5.32 Å². The summed E-state index contributed by atoms with van der Waals surface area (Å²) in [5.74, 6) is 1.46. The lowest BCUT2D eigenvalue weighted by atomic mass is 10.0. The zero-order valence-electron chi connectivity index (χ0n) is 13.0. The van der Waals surface area contributed by atoms with Crippen LogP contribution in [-0.4, -0.2) is 31.4 Å². The summed E-state index contributed by atoms with van der Waals surface area (Å²) in [4.78, 5) is 0. The molecule has 0 aliphatic heterocycles. The minimum atomic E-state index is 0.175. The zero-order valence-corrected chi connectivity index (χ0v) is 13.0. The van der Waals surface area contributed by atoms with Crippen LogP contribution in [0.2, 0.25) is 0 Å². The first-order valence-electron chi connectivity index (χ1n) is 7.20. The van der Waals surface area contributed by atoms with Crippen LogP contribution in [0.15, 0.2) is 29.8 Å². The Morgan fingerprint density at radius 1 is 1.30 bits per heavy atom. The van der Waals surface area contributed by atoms with Crippen molar-refractivity contribution >= 4 is 6.08 Å². The van der Waals surface area contributed by atoms with Crippen LogP contribution >= 0.6 is 0 Å². The van der Waals surface area contributed by atoms with Crippen molar-refractivity contribution in [3.8, 4) is 5.75 Å². The van der Waals surface area contributed by atoms with E-state index in [1.807, 2.05) is 24.3 Å². The molecule has 1 rings (SSSR count). The summed E-state index contributed by atoms with van der Waals surface area (Å²) in [5.41, 5.74) is 2.41. The molecule has 0 aromatic heterocycles. The fourth-order valence-corrected chi connectivity index (χ4v) is 2.13. The van der Waals surface area contributed by atoms with E-state index in [0.29, 0.717) is 5.92 Å². The predicted molar refractivity (Wildman–Crippen MR) is 85.0 cm³/mol. The van der Waals surface area contributed by atoms with E-state index in [1.165, 1.54) is 5.57 Å². The van der Waals surface area contributed by atoms with Crippen molar-refractivity contribution in [2.24, 2.45) is 5.92 Å². The van der Waals surface area contributed by atoms with Gasteiger partial charge in [-0.25, -0.2) is 0 Å². The fraction of sp³-hybridized carbons (Fsp3) is 0.529. The van der Waals surface area contributed by atoms with Gasteiger partial charge in [-0.2, -0.15) is 0 Å². The van der Waals surface area contributed by atoms with Gasteiger partial charge >= 0.3 is 0 Å². The summed E-state index contributed by atoms with van der Waals surface area (Å²) in [6.45, 7) is 7.42. The number of rotatable bonds is 8. The molecule has 2 N–H and O–H groups in total. The van der Waals surface area contributed by atoms with Crippen LogP contribution in [0.3, 0.4) is 0 Å². The van der Waals surface area contributed by atoms with Crippen LogP contribution in [0.1, 0.15) is 32.8 Å². The summed E-state index contributed by atoms with van der Waals surface area (Å²) < 4.78 is 5.14. The van der Waals surface area contributed by atoms with Crippen molar-refractivity contribution < 1.29 is 9.84 Å². The average Bonchev–Trinajstić information content (AvgIpc) is 2.44. The summed E-state index contributed by atoms with van der Waals surface area (Å²) in [5, 5.41) is 12.7. The minimum absolute atomic E-state index is 0.175. The smallest absolute Gasteiger partial charge is 0.118 e. The lowest BCUT2D eigenvalue weighted by molar-refractivity contribution is 0.227. The van der Waals surface area contributed by atoms with Gasteiger partial charge in [0.1, 0.15) is 5.75 Å². The maximum Gasteiger partial charge on any atom is 0.118 e. The predicted octanol–water partition coefficient (Wildman–Crippen LogP) is 3.10. The molecule has 0 aliphatic rings. The molecule has 1 atom stereocenters. The van der Waals surface area contributed by atoms with Gasteiger partial charge in [0.15, 0.2) is 0 Å². The molecule has 0 saturated carbocycles. The molecule has 20 heavy (non-hydrogen) atoms. The molecule has 1 aromatic rings. The second-order valence-electron chi connectivity index (χ2n) is 5.65. The van der Waals surface area contributed by atoms with Crippen LogP contribution in [0, 0.1) is 5.92 Å². The van der Waals surface area contributed by atoms with Gasteiger partial charge in [-0.05, 0) is 37.0 Å². The third kappa shape index (κ3) is 6.22. The lowest BCUT2D eigenvalue weighted by Gasteiger charge is -2.18. The van der Waals surface area contributed by atoms with Crippen LogP contribution in [-0.2, 0) is 0 Å². The third-order valence-electron chi connectivity index (χ3n) is 3.17. The monoisotopic (exact) mass is 277 g/mol. The first-order chi connectivity index (χ1) is 9.55. The molecular formula is C17H27NO2. The van der Waals surface area contributed by atoms with Crippen molar-refractivity contribution in [2.45, 2.75) is 33.2 Å². The Kier molecular flexibility index (Phi) is 7.34. The molecule has 1 unspecified atom stereocenters. The number of benzene rings is 1. The number of aliphatic hydroxyl groups is 1. The highest BCUT2D eigenvalue weighted by molar-refractivity contribution is 5.53. The van der Waals surface area contributed by atoms with Crippen LogP contribution in [0.4, 0.5) is 0 Å². The average molecular weight is 277 g/mol. The Balaban J connectivity index is 2.51. The van der Waals surface area contributed by atoms with Crippen LogP contribution in [0.5, 0.6) is 5.75 Å². The maximum atomic E-state index is 9.34. The molecule has 0 fully saturated rings. The Morgan fingerprint density at radius 3 is 2.45 bits per heavy atom. The third-order valence-corrected chi connectivity index (χ3v) is 3.17. The molecule has 0 amide bonds. The molecule has 0 aliphatic carbocycles. The SMILES string of the molecule is COc1ccc(/C=C(/C)CNC(CO)CC(C)C)cc1. The topological polar surface area (TPSA) is 41.5 Å². The molecule has 0 heterocycles. The van der Waals surface area contributed by atoms with E-state index >= 15 is 0 Å². The standard InChI is InChI=1S/C17H27NO2/c1-13(2)9-16(12-19)18-11-14(3)10-15-5-7-17(20-4)8-6-15/h5-8,10,13,16,18-19H,9,11-12H2,1-4H3/b14-10-. The number of ether oxygens (including phenoxy) is 1. The minimum Gasteiger partial charge on any atom is -0.497 e. The number of hydrogen-bond acceptors (Lipinski definition) is 3. The number of hydrogen-bond donors (Lipinski definition) is 2. The molecule has 1 aromatic carbocycles. The van der Waals surface area contributed by atoms with Crippen molar-refractivity contribution in [2.75, 3.05) is 20.3 Å². The summed E-state index contributed by atoms with van der Waals surface area (Å²) in [6, 6.07) is 8.18. The largest absolute Gasteiger partial charge is 0.497 e. The van der Waals surface area contributed by atoms with E-state index in [2.05, 4.69) is 32.2 Å². The van der Waals surface area contributed by atoms with Crippen LogP contribution in [0.25, 0.3) is 6.08 Å². The van der Waals surface area contributed by atoms with Crippen LogP contribution < -0.4 is 10.1 Å². The summed E-state index contributed by atoms with van der Waals surface area (Å²) in [7, 11) is 1.67. The van der Waals surface area contributed by atoms with E-state index in [9.17, 15) is 5.11 Å². The van der Waals surface area contributed by atoms with Crippen molar-refractivity contribution in [3.63, 3.8) is 0 Å². The van der Waals surface area contributed by atoms with Gasteiger partial charge in [-0.1, -0.05) is 37.6 Å². The Labute approximate surface area is 122 Å². The molecular weight excluding hydrogens is 250 g/mol. The molecule has 0 saturated heterocycles. The van der Waals surface area contributed by atoms with E-state index in [-0.39, 0.29) is 12.6 Å². The molecule has 0 radical (unpaired) electrons. The van der Waals surface area contributed by atoms with Gasteiger partial charge in [0.2, 0.25) is 0 Å². The normalized spacial score (nSPS) is 13.6. The molecule has 3 heteroatoms. The number of nitrogens with one attached hydrogen (secondary N) is 1. The van der Waals surface area contributed by atoms with Gasteiger partial charge in [0.25, 0.3) is 0 Å². The highest BCUT2D eigenvalue weighted by Gasteiger charge is 2.08. The first kappa shape index (κ1) is 16.7. The Morgan fingerprint density at radius 2 is 1.95 bits per heavy atom. The van der Waals surface area contributed by atoms with Gasteiger partial charge in [-0.15, -0.1) is 0 Å². The zero-order chi connectivity index (χ0) is 15.0. The Hall–Kier alpha value is -1.32. The molecule has 3 nitrogen and oxygen atoms in total. The van der Waals surface area contributed by atoms with E-state index in [0.717, 1.165) is 24.3 Å². The second-order valence-corrected chi connectivity index (χ2v) is 5.65. The van der Waals surface area contributed by atoms with Gasteiger partial charge in [-0.3, -0.25) is 0 Å². The lowest BCUT2D eigenvalue weighted by Crippen LogP contribution is -2.34. The highest BCUT2D eigenvalue weighted by atomic mass is 16.5. The van der Waals surface area contributed by atoms with E-state index < -0.39 is 0 Å². The van der Waals surface area contributed by atoms with Crippen molar-refractivity contribution in [1.29, 1.82) is 0 Å². The quantitative estimate of drug-likeness (QED) is 0.767. The summed E-state index contributed by atoms with van der Waals surface area (Å²) in [6.07, 6.45) is 3.14. The second kappa shape index (κ2) is 8.77. The highest BCUT2D eigenvalue weighted by Crippen LogP contribution is 2.14. The van der Waals surface area contributed by atoms with E-state index in [1.54, 1.807) is 7.11 Å². The maximum absolute atomic E-state index is 9.34. The van der Waals surface area contributed by atoms with Gasteiger partial charge < -0.3 is 15.2 Å². The molecule has 112 valence electrons. The first-order valence-corrected chi connectivity index (χ1v) is 7.20. The van der Waals surface area contributed by atoms with Crippen molar-refractivity contribution in [3.05, 3.63) is 35.4 Å². The Bertz CT molecular complexity index is 410. The summed E-state index contributed by atoms with van der Waals surface area (Å²) >= 11 is 0.